The van der Waals surface area contributed by atoms with Gasteiger partial charge in [0.2, 0.25) is 11.8 Å². The maximum absolute atomic E-state index is 12.3. The molecule has 142 valence electrons. The molecule has 1 atom stereocenters. The Kier molecular flexibility index (Phi) is 7.34. The predicted octanol–water partition coefficient (Wildman–Crippen LogP) is 1.51. The van der Waals surface area contributed by atoms with Gasteiger partial charge in [-0.2, -0.15) is 0 Å². The minimum absolute atomic E-state index is 0.0000624. The van der Waals surface area contributed by atoms with Gasteiger partial charge in [0.05, 0.1) is 24.2 Å². The largest absolute Gasteiger partial charge is 0.379 e. The van der Waals surface area contributed by atoms with Crippen LogP contribution in [0.25, 0.3) is 0 Å². The van der Waals surface area contributed by atoms with Gasteiger partial charge in [0.1, 0.15) is 0 Å². The van der Waals surface area contributed by atoms with E-state index in [9.17, 15) is 9.59 Å². The zero-order valence-electron chi connectivity index (χ0n) is 15.0. The number of carbonyl (C=O) groups is 2. The summed E-state index contributed by atoms with van der Waals surface area (Å²) < 4.78 is 5.33. The summed E-state index contributed by atoms with van der Waals surface area (Å²) in [6, 6.07) is 7.89. The van der Waals surface area contributed by atoms with Crippen LogP contribution in [0.2, 0.25) is 0 Å². The summed E-state index contributed by atoms with van der Waals surface area (Å²) >= 11 is 1.43. The molecule has 2 amide bonds. The molecule has 1 fully saturated rings. The lowest BCUT2D eigenvalue weighted by Crippen LogP contribution is -2.38. The molecule has 2 heterocycles. The number of benzene rings is 1. The first-order valence-electron chi connectivity index (χ1n) is 9.29. The molecule has 26 heavy (non-hydrogen) atoms. The van der Waals surface area contributed by atoms with Crippen LogP contribution >= 0.6 is 11.8 Å². The Morgan fingerprint density at radius 1 is 1.31 bits per heavy atom. The van der Waals surface area contributed by atoms with Gasteiger partial charge in [0.25, 0.3) is 0 Å². The van der Waals surface area contributed by atoms with Crippen molar-refractivity contribution < 1.29 is 14.3 Å². The third-order valence-electron chi connectivity index (χ3n) is 4.74. The minimum atomic E-state index is -0.179. The Morgan fingerprint density at radius 3 is 2.96 bits per heavy atom. The number of thioether (sulfide) groups is 1. The Labute approximate surface area is 159 Å². The number of aryl methyl sites for hydroxylation is 1. The lowest BCUT2D eigenvalue weighted by molar-refractivity contribution is -0.118. The van der Waals surface area contributed by atoms with Crippen molar-refractivity contribution in [1.82, 2.24) is 10.2 Å². The third-order valence-corrected chi connectivity index (χ3v) is 6.02. The number of hydrogen-bond acceptors (Lipinski definition) is 5. The number of morpholine rings is 1. The minimum Gasteiger partial charge on any atom is -0.379 e. The molecule has 0 radical (unpaired) electrons. The van der Waals surface area contributed by atoms with E-state index in [1.807, 2.05) is 24.3 Å². The summed E-state index contributed by atoms with van der Waals surface area (Å²) in [4.78, 5) is 26.8. The van der Waals surface area contributed by atoms with E-state index in [0.29, 0.717) is 12.3 Å². The van der Waals surface area contributed by atoms with Crippen LogP contribution in [0.4, 0.5) is 5.69 Å². The van der Waals surface area contributed by atoms with Crippen LogP contribution < -0.4 is 10.6 Å². The molecular formula is C19H27N3O3S. The molecule has 0 aliphatic carbocycles. The number of rotatable bonds is 7. The van der Waals surface area contributed by atoms with Gasteiger partial charge in [-0.05, 0) is 37.4 Å². The second kappa shape index (κ2) is 9.94. The molecule has 2 aliphatic heterocycles. The molecule has 0 bridgehead atoms. The summed E-state index contributed by atoms with van der Waals surface area (Å²) in [5, 5.41) is 5.76. The first-order chi connectivity index (χ1) is 12.7. The van der Waals surface area contributed by atoms with Crippen LogP contribution in [0.1, 0.15) is 18.4 Å². The Hall–Kier alpha value is -1.57. The molecule has 6 nitrogen and oxygen atoms in total. The highest BCUT2D eigenvalue weighted by Crippen LogP contribution is 2.26. The number of carbonyl (C=O) groups excluding carboxylic acids is 2. The monoisotopic (exact) mass is 377 g/mol. The molecule has 3 rings (SSSR count). The lowest BCUT2D eigenvalue weighted by Gasteiger charge is -2.26. The molecule has 2 aliphatic rings. The van der Waals surface area contributed by atoms with Crippen LogP contribution in [-0.4, -0.2) is 67.1 Å². The van der Waals surface area contributed by atoms with E-state index in [-0.39, 0.29) is 17.1 Å². The molecule has 0 aromatic heterocycles. The molecule has 0 saturated carbocycles. The third kappa shape index (κ3) is 5.72. The number of hydrogen-bond donors (Lipinski definition) is 2. The van der Waals surface area contributed by atoms with Crippen molar-refractivity contribution in [3.8, 4) is 0 Å². The lowest BCUT2D eigenvalue weighted by atomic mass is 10.1. The predicted molar refractivity (Wildman–Crippen MR) is 105 cm³/mol. The van der Waals surface area contributed by atoms with E-state index in [1.54, 1.807) is 0 Å². The maximum Gasteiger partial charge on any atom is 0.237 e. The maximum atomic E-state index is 12.3. The highest BCUT2D eigenvalue weighted by atomic mass is 32.2. The second-order valence-electron chi connectivity index (χ2n) is 6.64. The van der Waals surface area contributed by atoms with Crippen LogP contribution in [-0.2, 0) is 20.7 Å². The molecule has 1 aromatic carbocycles. The SMILES string of the molecule is O=C(CS[C@H]1CCc2ccccc2NC1=O)NCCCN1CCOCC1. The highest BCUT2D eigenvalue weighted by molar-refractivity contribution is 8.01. The van der Waals surface area contributed by atoms with Crippen LogP contribution in [0.5, 0.6) is 0 Å². The molecule has 1 aromatic rings. The van der Waals surface area contributed by atoms with Crippen molar-refractivity contribution in [3.63, 3.8) is 0 Å². The van der Waals surface area contributed by atoms with Gasteiger partial charge in [-0.1, -0.05) is 18.2 Å². The quantitative estimate of drug-likeness (QED) is 0.705. The van der Waals surface area contributed by atoms with Gasteiger partial charge in [0, 0.05) is 25.3 Å². The van der Waals surface area contributed by atoms with Gasteiger partial charge in [-0.25, -0.2) is 0 Å². The highest BCUT2D eigenvalue weighted by Gasteiger charge is 2.24. The number of ether oxygens (including phenoxy) is 1. The van der Waals surface area contributed by atoms with Crippen molar-refractivity contribution in [3.05, 3.63) is 29.8 Å². The van der Waals surface area contributed by atoms with E-state index >= 15 is 0 Å². The number of anilines is 1. The summed E-state index contributed by atoms with van der Waals surface area (Å²) in [6.07, 6.45) is 2.56. The number of nitrogens with zero attached hydrogens (tertiary/aromatic N) is 1. The standard InChI is InChI=1S/C19H27N3O3S/c23-18(20-8-3-9-22-10-12-25-13-11-22)14-26-17-7-6-15-4-1-2-5-16(15)21-19(17)24/h1-2,4-5,17H,3,6-14H2,(H,20,23)(H,21,24)/t17-/m0/s1. The molecule has 2 N–H and O–H groups in total. The first-order valence-corrected chi connectivity index (χ1v) is 10.3. The smallest absolute Gasteiger partial charge is 0.237 e. The average molecular weight is 378 g/mol. The molecule has 1 saturated heterocycles. The molecule has 7 heteroatoms. The Bertz CT molecular complexity index is 620. The van der Waals surface area contributed by atoms with Crippen molar-refractivity contribution >= 4 is 29.3 Å². The van der Waals surface area contributed by atoms with E-state index in [0.717, 1.165) is 63.4 Å². The molecule has 0 spiro atoms. The molecule has 0 unspecified atom stereocenters. The zero-order valence-corrected chi connectivity index (χ0v) is 15.9. The van der Waals surface area contributed by atoms with Gasteiger partial charge in [-0.15, -0.1) is 11.8 Å². The van der Waals surface area contributed by atoms with Crippen molar-refractivity contribution in [2.24, 2.45) is 0 Å². The van der Waals surface area contributed by atoms with E-state index < -0.39 is 0 Å². The van der Waals surface area contributed by atoms with Crippen molar-refractivity contribution in [2.45, 2.75) is 24.5 Å². The fourth-order valence-corrected chi connectivity index (χ4v) is 4.18. The van der Waals surface area contributed by atoms with Crippen LogP contribution in [0.15, 0.2) is 24.3 Å². The van der Waals surface area contributed by atoms with E-state index in [1.165, 1.54) is 11.8 Å². The summed E-state index contributed by atoms with van der Waals surface area (Å²) in [6.45, 7) is 5.22. The fourth-order valence-electron chi connectivity index (χ4n) is 3.23. The summed E-state index contributed by atoms with van der Waals surface area (Å²) in [5.74, 6) is 0.331. The number of nitrogens with one attached hydrogen (secondary N) is 2. The Balaban J connectivity index is 1.33. The molecular weight excluding hydrogens is 350 g/mol. The second-order valence-corrected chi connectivity index (χ2v) is 7.83. The van der Waals surface area contributed by atoms with E-state index in [2.05, 4.69) is 15.5 Å². The summed E-state index contributed by atoms with van der Waals surface area (Å²) in [7, 11) is 0. The van der Waals surface area contributed by atoms with Gasteiger partial charge in [-0.3, -0.25) is 14.5 Å². The normalized spacial score (nSPS) is 20.8. The van der Waals surface area contributed by atoms with Gasteiger partial charge in [0.15, 0.2) is 0 Å². The van der Waals surface area contributed by atoms with E-state index in [4.69, 9.17) is 4.74 Å². The van der Waals surface area contributed by atoms with Crippen molar-refractivity contribution in [2.75, 3.05) is 50.5 Å². The number of fused-ring (bicyclic) bond motifs is 1. The van der Waals surface area contributed by atoms with Crippen molar-refractivity contribution in [1.29, 1.82) is 0 Å². The zero-order chi connectivity index (χ0) is 18.2. The van der Waals surface area contributed by atoms with Crippen LogP contribution in [0.3, 0.4) is 0 Å². The number of para-hydroxylation sites is 1. The topological polar surface area (TPSA) is 70.7 Å². The van der Waals surface area contributed by atoms with Crippen LogP contribution in [0, 0.1) is 0 Å². The number of amides is 2. The van der Waals surface area contributed by atoms with Gasteiger partial charge >= 0.3 is 0 Å². The summed E-state index contributed by atoms with van der Waals surface area (Å²) in [5.41, 5.74) is 2.06. The first kappa shape index (κ1) is 19.2. The van der Waals surface area contributed by atoms with Gasteiger partial charge < -0.3 is 15.4 Å². The average Bonchev–Trinajstić information content (AvgIpc) is 2.82. The fraction of sp³-hybridized carbons (Fsp3) is 0.579. The Morgan fingerprint density at radius 2 is 2.12 bits per heavy atom.